The van der Waals surface area contributed by atoms with Crippen LogP contribution in [0.1, 0.15) is 48.5 Å². The number of carbonyl (C=O) groups excluding carboxylic acids is 2. The van der Waals surface area contributed by atoms with E-state index in [-0.39, 0.29) is 17.7 Å². The third-order valence-electron chi connectivity index (χ3n) is 4.97. The lowest BCUT2D eigenvalue weighted by Gasteiger charge is -2.25. The number of hydrogen-bond acceptors (Lipinski definition) is 6. The summed E-state index contributed by atoms with van der Waals surface area (Å²) in [6.07, 6.45) is 7.29. The molecule has 1 saturated carbocycles. The van der Waals surface area contributed by atoms with Crippen LogP contribution in [0.25, 0.3) is 11.6 Å². The van der Waals surface area contributed by atoms with Crippen molar-refractivity contribution in [2.45, 2.75) is 43.3 Å². The van der Waals surface area contributed by atoms with Crippen molar-refractivity contribution in [2.24, 2.45) is 0 Å². The Hall–Kier alpha value is -2.87. The molecule has 0 atom stereocenters. The van der Waals surface area contributed by atoms with Crippen LogP contribution in [0.3, 0.4) is 0 Å². The Morgan fingerprint density at radius 2 is 1.86 bits per heavy atom. The van der Waals surface area contributed by atoms with Crippen LogP contribution in [0.2, 0.25) is 0 Å². The molecular formula is C21H22N4O3S. The number of nitrogens with zero attached hydrogens (tertiary/aromatic N) is 3. The van der Waals surface area contributed by atoms with E-state index >= 15 is 0 Å². The zero-order valence-corrected chi connectivity index (χ0v) is 16.7. The molecule has 2 amide bonds. The van der Waals surface area contributed by atoms with Crippen molar-refractivity contribution in [1.82, 2.24) is 20.1 Å². The van der Waals surface area contributed by atoms with Crippen LogP contribution in [0.5, 0.6) is 0 Å². The Labute approximate surface area is 172 Å². The number of benzene rings is 1. The van der Waals surface area contributed by atoms with Gasteiger partial charge in [0.05, 0.1) is 12.0 Å². The Morgan fingerprint density at radius 3 is 2.59 bits per heavy atom. The van der Waals surface area contributed by atoms with Crippen molar-refractivity contribution in [3.8, 4) is 11.6 Å². The van der Waals surface area contributed by atoms with Crippen molar-refractivity contribution < 1.29 is 14.0 Å². The van der Waals surface area contributed by atoms with Crippen LogP contribution in [0.4, 0.5) is 0 Å². The molecule has 7 nitrogen and oxygen atoms in total. The number of thioether (sulfide) groups is 1. The number of amides is 2. The van der Waals surface area contributed by atoms with Crippen molar-refractivity contribution in [1.29, 1.82) is 0 Å². The van der Waals surface area contributed by atoms with E-state index in [4.69, 9.17) is 4.42 Å². The molecule has 1 fully saturated rings. The zero-order chi connectivity index (χ0) is 20.1. The molecule has 29 heavy (non-hydrogen) atoms. The first kappa shape index (κ1) is 19.4. The second-order valence-corrected chi connectivity index (χ2v) is 7.92. The van der Waals surface area contributed by atoms with Gasteiger partial charge in [0.1, 0.15) is 0 Å². The molecule has 8 heteroatoms. The molecule has 4 rings (SSSR count). The minimum absolute atomic E-state index is 0.0849. The average Bonchev–Trinajstić information content (AvgIpc) is 3.43. The van der Waals surface area contributed by atoms with Gasteiger partial charge >= 0.3 is 0 Å². The Morgan fingerprint density at radius 1 is 1.07 bits per heavy atom. The standard InChI is InChI=1S/C21H22N4O3S/c26-18(22-20(27)15-8-3-1-4-9-15)14-29-21-24-23-19(17-12-7-13-28-17)25(21)16-10-5-2-6-11-16/h1,3-4,7-9,12-13,16H,2,5-6,10-11,14H2,(H,22,26,27). The van der Waals surface area contributed by atoms with E-state index in [2.05, 4.69) is 20.1 Å². The highest BCUT2D eigenvalue weighted by atomic mass is 32.2. The van der Waals surface area contributed by atoms with Gasteiger partial charge in [-0.15, -0.1) is 10.2 Å². The fourth-order valence-electron chi connectivity index (χ4n) is 3.57. The zero-order valence-electron chi connectivity index (χ0n) is 15.9. The van der Waals surface area contributed by atoms with Gasteiger partial charge in [-0.05, 0) is 37.1 Å². The molecule has 0 aliphatic heterocycles. The molecule has 0 bridgehead atoms. The first-order chi connectivity index (χ1) is 14.2. The highest BCUT2D eigenvalue weighted by Gasteiger charge is 2.25. The molecule has 1 N–H and O–H groups in total. The van der Waals surface area contributed by atoms with Crippen molar-refractivity contribution >= 4 is 23.6 Å². The maximum atomic E-state index is 12.3. The number of carbonyl (C=O) groups is 2. The fraction of sp³-hybridized carbons (Fsp3) is 0.333. The van der Waals surface area contributed by atoms with Gasteiger partial charge < -0.3 is 4.42 Å². The minimum atomic E-state index is -0.402. The molecule has 150 valence electrons. The highest BCUT2D eigenvalue weighted by Crippen LogP contribution is 2.35. The second kappa shape index (κ2) is 9.09. The van der Waals surface area contributed by atoms with E-state index in [1.54, 1.807) is 30.5 Å². The van der Waals surface area contributed by atoms with Crippen LogP contribution in [0, 0.1) is 0 Å². The molecule has 0 saturated heterocycles. The van der Waals surface area contributed by atoms with E-state index < -0.39 is 5.91 Å². The molecular weight excluding hydrogens is 388 g/mol. The molecule has 0 radical (unpaired) electrons. The summed E-state index contributed by atoms with van der Waals surface area (Å²) in [5, 5.41) is 11.7. The van der Waals surface area contributed by atoms with Gasteiger partial charge in [-0.2, -0.15) is 0 Å². The summed E-state index contributed by atoms with van der Waals surface area (Å²) in [6.45, 7) is 0. The second-order valence-electron chi connectivity index (χ2n) is 6.98. The third kappa shape index (κ3) is 4.59. The fourth-order valence-corrected chi connectivity index (χ4v) is 4.38. The van der Waals surface area contributed by atoms with Crippen LogP contribution >= 0.6 is 11.8 Å². The van der Waals surface area contributed by atoms with Crippen LogP contribution < -0.4 is 5.32 Å². The highest BCUT2D eigenvalue weighted by molar-refractivity contribution is 7.99. The van der Waals surface area contributed by atoms with E-state index in [1.165, 1.54) is 18.2 Å². The summed E-state index contributed by atoms with van der Waals surface area (Å²) in [4.78, 5) is 24.4. The van der Waals surface area contributed by atoms with E-state index in [1.807, 2.05) is 18.2 Å². The van der Waals surface area contributed by atoms with Gasteiger partial charge in [-0.1, -0.05) is 49.2 Å². The minimum Gasteiger partial charge on any atom is -0.461 e. The average molecular weight is 410 g/mol. The number of hydrogen-bond donors (Lipinski definition) is 1. The summed E-state index contributed by atoms with van der Waals surface area (Å²) in [5.41, 5.74) is 0.455. The summed E-state index contributed by atoms with van der Waals surface area (Å²) in [5.74, 6) is 0.674. The van der Waals surface area contributed by atoms with Crippen LogP contribution in [-0.4, -0.2) is 32.3 Å². The van der Waals surface area contributed by atoms with Gasteiger partial charge in [-0.25, -0.2) is 0 Å². The third-order valence-corrected chi connectivity index (χ3v) is 5.91. The number of aromatic nitrogens is 3. The maximum absolute atomic E-state index is 12.3. The van der Waals surface area contributed by atoms with Gasteiger partial charge in [0, 0.05) is 11.6 Å². The molecule has 1 aliphatic rings. The molecule has 0 unspecified atom stereocenters. The first-order valence-electron chi connectivity index (χ1n) is 9.73. The largest absolute Gasteiger partial charge is 0.461 e. The van der Waals surface area contributed by atoms with Crippen LogP contribution in [-0.2, 0) is 4.79 Å². The number of rotatable bonds is 6. The van der Waals surface area contributed by atoms with E-state index in [9.17, 15) is 9.59 Å². The molecule has 1 aromatic carbocycles. The first-order valence-corrected chi connectivity index (χ1v) is 10.7. The van der Waals surface area contributed by atoms with Crippen LogP contribution in [0.15, 0.2) is 58.3 Å². The lowest BCUT2D eigenvalue weighted by atomic mass is 9.95. The normalized spacial score (nSPS) is 14.6. The Bertz CT molecular complexity index is 963. The Balaban J connectivity index is 1.47. The molecule has 2 heterocycles. The molecule has 3 aromatic rings. The molecule has 1 aliphatic carbocycles. The monoisotopic (exact) mass is 410 g/mol. The van der Waals surface area contributed by atoms with Gasteiger partial charge in [0.25, 0.3) is 5.91 Å². The summed E-state index contributed by atoms with van der Waals surface area (Å²) < 4.78 is 7.63. The van der Waals surface area contributed by atoms with Crippen molar-refractivity contribution in [2.75, 3.05) is 5.75 Å². The smallest absolute Gasteiger partial charge is 0.257 e. The topological polar surface area (TPSA) is 90.0 Å². The van der Waals surface area contributed by atoms with Gasteiger partial charge in [0.15, 0.2) is 10.9 Å². The lowest BCUT2D eigenvalue weighted by Crippen LogP contribution is -2.31. The predicted molar refractivity (Wildman–Crippen MR) is 109 cm³/mol. The Kier molecular flexibility index (Phi) is 6.09. The molecule has 0 spiro atoms. The predicted octanol–water partition coefficient (Wildman–Crippen LogP) is 4.09. The van der Waals surface area contributed by atoms with Gasteiger partial charge in [0.2, 0.25) is 11.7 Å². The SMILES string of the molecule is O=C(CSc1nnc(-c2ccco2)n1C1CCCCC1)NC(=O)c1ccccc1. The lowest BCUT2D eigenvalue weighted by molar-refractivity contribution is -0.117. The number of imide groups is 1. The summed E-state index contributed by atoms with van der Waals surface area (Å²) in [7, 11) is 0. The summed E-state index contributed by atoms with van der Waals surface area (Å²) >= 11 is 1.29. The van der Waals surface area contributed by atoms with E-state index in [0.29, 0.717) is 22.3 Å². The number of furan rings is 1. The van der Waals surface area contributed by atoms with E-state index in [0.717, 1.165) is 25.7 Å². The van der Waals surface area contributed by atoms with Gasteiger partial charge in [-0.3, -0.25) is 19.5 Å². The van der Waals surface area contributed by atoms with Crippen molar-refractivity contribution in [3.05, 3.63) is 54.3 Å². The summed E-state index contributed by atoms with van der Waals surface area (Å²) in [6, 6.07) is 12.7. The van der Waals surface area contributed by atoms with Crippen molar-refractivity contribution in [3.63, 3.8) is 0 Å². The number of nitrogens with one attached hydrogen (secondary N) is 1. The molecule has 2 aromatic heterocycles. The quantitative estimate of drug-likeness (QED) is 0.616. The maximum Gasteiger partial charge on any atom is 0.257 e.